The zero-order valence-corrected chi connectivity index (χ0v) is 13.1. The van der Waals surface area contributed by atoms with Gasteiger partial charge in [-0.05, 0) is 49.8 Å². The number of aromatic nitrogens is 2. The highest BCUT2D eigenvalue weighted by Gasteiger charge is 2.20. The molecule has 2 heterocycles. The van der Waals surface area contributed by atoms with Crippen LogP contribution in [0.5, 0.6) is 0 Å². The van der Waals surface area contributed by atoms with Gasteiger partial charge in [0.25, 0.3) is 0 Å². The van der Waals surface area contributed by atoms with Crippen LogP contribution >= 0.6 is 23.4 Å². The van der Waals surface area contributed by atoms with E-state index in [2.05, 4.69) is 11.6 Å². The molecule has 1 aromatic heterocycles. The number of hydrogen-bond acceptors (Lipinski definition) is 3. The summed E-state index contributed by atoms with van der Waals surface area (Å²) in [5.74, 6) is 2.12. The summed E-state index contributed by atoms with van der Waals surface area (Å²) in [4.78, 5) is 0. The van der Waals surface area contributed by atoms with Crippen molar-refractivity contribution >= 4 is 29.2 Å². The van der Waals surface area contributed by atoms with Crippen molar-refractivity contribution in [1.29, 1.82) is 0 Å². The number of thioether (sulfide) groups is 1. The van der Waals surface area contributed by atoms with Crippen LogP contribution in [0.1, 0.15) is 24.1 Å². The molecular weight excluding hydrogens is 290 g/mol. The molecule has 5 heteroatoms. The first kappa shape index (κ1) is 13.8. The summed E-state index contributed by atoms with van der Waals surface area (Å²) < 4.78 is 2.03. The molecule has 1 N–H and O–H groups in total. The minimum absolute atomic E-state index is 0.754. The predicted octanol–water partition coefficient (Wildman–Crippen LogP) is 4.14. The van der Waals surface area contributed by atoms with Crippen molar-refractivity contribution in [2.75, 3.05) is 18.1 Å². The summed E-state index contributed by atoms with van der Waals surface area (Å²) >= 11 is 7.80. The van der Waals surface area contributed by atoms with Crippen LogP contribution < -0.4 is 5.32 Å². The molecule has 0 saturated heterocycles. The van der Waals surface area contributed by atoms with Gasteiger partial charge in [-0.15, -0.1) is 0 Å². The van der Waals surface area contributed by atoms with Crippen LogP contribution in [0.25, 0.3) is 5.69 Å². The Morgan fingerprint density at radius 3 is 2.85 bits per heavy atom. The molecule has 0 radical (unpaired) electrons. The quantitative estimate of drug-likeness (QED) is 0.924. The van der Waals surface area contributed by atoms with Gasteiger partial charge in [-0.25, -0.2) is 4.68 Å². The van der Waals surface area contributed by atoms with E-state index in [9.17, 15) is 0 Å². The number of anilines is 1. The van der Waals surface area contributed by atoms with E-state index < -0.39 is 0 Å². The fraction of sp³-hybridized carbons (Fsp3) is 0.400. The van der Waals surface area contributed by atoms with E-state index in [1.165, 1.54) is 24.1 Å². The summed E-state index contributed by atoms with van der Waals surface area (Å²) in [7, 11) is 0. The number of nitrogens with one attached hydrogen (secondary N) is 1. The van der Waals surface area contributed by atoms with E-state index in [0.717, 1.165) is 35.2 Å². The fourth-order valence-electron chi connectivity index (χ4n) is 2.60. The molecule has 0 amide bonds. The fourth-order valence-corrected chi connectivity index (χ4v) is 3.23. The molecule has 0 unspecified atom stereocenters. The Balaban J connectivity index is 2.07. The Morgan fingerprint density at radius 1 is 1.30 bits per heavy atom. The lowest BCUT2D eigenvalue weighted by Crippen LogP contribution is -2.07. The van der Waals surface area contributed by atoms with Gasteiger partial charge >= 0.3 is 0 Å². The molecule has 0 fully saturated rings. The summed E-state index contributed by atoms with van der Waals surface area (Å²) in [6.07, 6.45) is 5.69. The number of nitrogens with zero attached hydrogens (tertiary/aromatic N) is 2. The molecular formula is C15H18ClN3S. The maximum Gasteiger partial charge on any atom is 0.133 e. The number of benzene rings is 1. The van der Waals surface area contributed by atoms with Crippen LogP contribution in [-0.4, -0.2) is 22.6 Å². The molecule has 0 saturated carbocycles. The SMILES string of the molecule is CSCc1nn(-c2ccc(Cl)cc2)c2c1CCCCN2. The Bertz CT molecular complexity index is 592. The van der Waals surface area contributed by atoms with Gasteiger partial charge in [0.2, 0.25) is 0 Å². The molecule has 0 atom stereocenters. The minimum Gasteiger partial charge on any atom is -0.370 e. The van der Waals surface area contributed by atoms with Gasteiger partial charge in [0.1, 0.15) is 5.82 Å². The third kappa shape index (κ3) is 2.67. The summed E-state index contributed by atoms with van der Waals surface area (Å²) in [6, 6.07) is 7.86. The number of fused-ring (bicyclic) bond motifs is 1. The van der Waals surface area contributed by atoms with Gasteiger partial charge in [-0.2, -0.15) is 16.9 Å². The highest BCUT2D eigenvalue weighted by Crippen LogP contribution is 2.30. The average Bonchev–Trinajstić information content (AvgIpc) is 2.64. The van der Waals surface area contributed by atoms with Crippen LogP contribution in [0.15, 0.2) is 24.3 Å². The lowest BCUT2D eigenvalue weighted by Gasteiger charge is -2.09. The molecule has 0 aliphatic carbocycles. The topological polar surface area (TPSA) is 29.9 Å². The first-order valence-corrected chi connectivity index (χ1v) is 8.66. The molecule has 0 bridgehead atoms. The molecule has 3 nitrogen and oxygen atoms in total. The summed E-state index contributed by atoms with van der Waals surface area (Å²) in [5, 5.41) is 9.11. The van der Waals surface area contributed by atoms with Gasteiger partial charge in [-0.3, -0.25) is 0 Å². The lowest BCUT2D eigenvalue weighted by molar-refractivity contribution is 0.771. The van der Waals surface area contributed by atoms with Gasteiger partial charge in [-0.1, -0.05) is 11.6 Å². The third-order valence-electron chi connectivity index (χ3n) is 3.56. The van der Waals surface area contributed by atoms with E-state index in [4.69, 9.17) is 16.7 Å². The number of hydrogen-bond donors (Lipinski definition) is 1. The number of rotatable bonds is 3. The Hall–Kier alpha value is -1.13. The largest absolute Gasteiger partial charge is 0.370 e. The van der Waals surface area contributed by atoms with E-state index in [-0.39, 0.29) is 0 Å². The first-order valence-electron chi connectivity index (χ1n) is 6.89. The Kier molecular flexibility index (Phi) is 4.22. The second-order valence-electron chi connectivity index (χ2n) is 4.98. The highest BCUT2D eigenvalue weighted by molar-refractivity contribution is 7.97. The van der Waals surface area contributed by atoms with Crippen molar-refractivity contribution < 1.29 is 0 Å². The molecule has 106 valence electrons. The monoisotopic (exact) mass is 307 g/mol. The number of halogens is 1. The lowest BCUT2D eigenvalue weighted by atomic mass is 10.1. The van der Waals surface area contributed by atoms with Gasteiger partial charge < -0.3 is 5.32 Å². The maximum absolute atomic E-state index is 5.97. The normalized spacial score (nSPS) is 14.5. The van der Waals surface area contributed by atoms with Crippen molar-refractivity contribution in [2.24, 2.45) is 0 Å². The van der Waals surface area contributed by atoms with Crippen LogP contribution in [0.3, 0.4) is 0 Å². The van der Waals surface area contributed by atoms with Gasteiger partial charge in [0.05, 0.1) is 11.4 Å². The first-order chi connectivity index (χ1) is 9.79. The molecule has 2 aromatic rings. The van der Waals surface area contributed by atoms with Crippen LogP contribution in [0.2, 0.25) is 5.02 Å². The average molecular weight is 308 g/mol. The molecule has 20 heavy (non-hydrogen) atoms. The molecule has 1 aliphatic rings. The zero-order chi connectivity index (χ0) is 13.9. The molecule has 0 spiro atoms. The van der Waals surface area contributed by atoms with Crippen molar-refractivity contribution in [1.82, 2.24) is 9.78 Å². The van der Waals surface area contributed by atoms with Crippen molar-refractivity contribution in [3.05, 3.63) is 40.5 Å². The smallest absolute Gasteiger partial charge is 0.133 e. The molecule has 3 rings (SSSR count). The van der Waals surface area contributed by atoms with Crippen molar-refractivity contribution in [3.8, 4) is 5.69 Å². The third-order valence-corrected chi connectivity index (χ3v) is 4.38. The Morgan fingerprint density at radius 2 is 2.10 bits per heavy atom. The second-order valence-corrected chi connectivity index (χ2v) is 6.28. The zero-order valence-electron chi connectivity index (χ0n) is 11.5. The van der Waals surface area contributed by atoms with E-state index in [1.807, 2.05) is 40.7 Å². The second kappa shape index (κ2) is 6.10. The standard InChI is InChI=1S/C15H18ClN3S/c1-20-10-14-13-4-2-3-9-17-15(13)19(18-14)12-7-5-11(16)6-8-12/h5-8,17H,2-4,9-10H2,1H3. The summed E-state index contributed by atoms with van der Waals surface area (Å²) in [5.41, 5.74) is 3.65. The van der Waals surface area contributed by atoms with Crippen molar-refractivity contribution in [2.45, 2.75) is 25.0 Å². The van der Waals surface area contributed by atoms with E-state index in [1.54, 1.807) is 0 Å². The molecule has 1 aromatic carbocycles. The van der Waals surface area contributed by atoms with E-state index >= 15 is 0 Å². The highest BCUT2D eigenvalue weighted by atomic mass is 35.5. The van der Waals surface area contributed by atoms with Gasteiger partial charge in [0, 0.05) is 22.9 Å². The van der Waals surface area contributed by atoms with Gasteiger partial charge in [0.15, 0.2) is 0 Å². The van der Waals surface area contributed by atoms with Crippen LogP contribution in [0.4, 0.5) is 5.82 Å². The summed E-state index contributed by atoms with van der Waals surface area (Å²) in [6.45, 7) is 1.02. The van der Waals surface area contributed by atoms with Crippen LogP contribution in [0, 0.1) is 0 Å². The van der Waals surface area contributed by atoms with Crippen LogP contribution in [-0.2, 0) is 12.2 Å². The van der Waals surface area contributed by atoms with Crippen molar-refractivity contribution in [3.63, 3.8) is 0 Å². The minimum atomic E-state index is 0.754. The Labute approximate surface area is 128 Å². The molecule has 1 aliphatic heterocycles. The maximum atomic E-state index is 5.97. The predicted molar refractivity (Wildman–Crippen MR) is 87.2 cm³/mol. The van der Waals surface area contributed by atoms with E-state index in [0.29, 0.717) is 0 Å².